The maximum absolute atomic E-state index is 10.5. The number of aliphatic hydroxyl groups excluding tert-OH is 1. The van der Waals surface area contributed by atoms with Crippen LogP contribution in [0.4, 0.5) is 0 Å². The first-order valence-corrected chi connectivity index (χ1v) is 5.95. The summed E-state index contributed by atoms with van der Waals surface area (Å²) in [6.45, 7) is 1.12. The van der Waals surface area contributed by atoms with Gasteiger partial charge in [-0.1, -0.05) is 15.9 Å². The van der Waals surface area contributed by atoms with Crippen molar-refractivity contribution in [3.8, 4) is 5.75 Å². The Morgan fingerprint density at radius 3 is 2.71 bits per heavy atom. The van der Waals surface area contributed by atoms with Gasteiger partial charge in [-0.15, -0.1) is 0 Å². The number of nitrogens with two attached hydrogens (primary N) is 1. The van der Waals surface area contributed by atoms with Crippen molar-refractivity contribution in [1.82, 2.24) is 5.32 Å². The molecule has 1 amide bonds. The van der Waals surface area contributed by atoms with Crippen molar-refractivity contribution >= 4 is 21.8 Å². The van der Waals surface area contributed by atoms with Crippen molar-refractivity contribution in [3.63, 3.8) is 0 Å². The summed E-state index contributed by atoms with van der Waals surface area (Å²) in [5.41, 5.74) is 4.89. The molecule has 0 aliphatic rings. The quantitative estimate of drug-likeness (QED) is 0.631. The molecule has 1 aromatic rings. The number of ether oxygens (including phenoxy) is 1. The van der Waals surface area contributed by atoms with Gasteiger partial charge >= 0.3 is 0 Å². The van der Waals surface area contributed by atoms with E-state index >= 15 is 0 Å². The predicted molar refractivity (Wildman–Crippen MR) is 67.7 cm³/mol. The minimum absolute atomic E-state index is 0.138. The fourth-order valence-corrected chi connectivity index (χ4v) is 1.38. The highest BCUT2D eigenvalue weighted by atomic mass is 79.9. The Labute approximate surface area is 108 Å². The zero-order valence-corrected chi connectivity index (χ0v) is 10.8. The van der Waals surface area contributed by atoms with E-state index in [2.05, 4.69) is 21.2 Å². The molecule has 0 saturated heterocycles. The maximum Gasteiger partial charge on any atom is 0.247 e. The summed E-state index contributed by atoms with van der Waals surface area (Å²) in [5, 5.41) is 12.0. The number of carbonyl (C=O) groups is 1. The standard InChI is InChI=1S/C11H15BrN2O3/c12-8-1-3-9(4-2-8)17-6-5-14-7-10(15)11(13)16/h1-4,10,14-15H,5-7H2,(H2,13,16). The molecule has 0 bridgehead atoms. The number of benzene rings is 1. The van der Waals surface area contributed by atoms with Gasteiger partial charge in [0, 0.05) is 17.6 Å². The average Bonchev–Trinajstić information content (AvgIpc) is 2.30. The molecule has 0 radical (unpaired) electrons. The highest BCUT2D eigenvalue weighted by molar-refractivity contribution is 9.10. The van der Waals surface area contributed by atoms with Gasteiger partial charge in [0.2, 0.25) is 5.91 Å². The van der Waals surface area contributed by atoms with Crippen molar-refractivity contribution in [2.45, 2.75) is 6.10 Å². The second-order valence-electron chi connectivity index (χ2n) is 3.42. The molecule has 0 aliphatic heterocycles. The summed E-state index contributed by atoms with van der Waals surface area (Å²) in [7, 11) is 0. The Morgan fingerprint density at radius 2 is 2.12 bits per heavy atom. The first kappa shape index (κ1) is 14.0. The SMILES string of the molecule is NC(=O)C(O)CNCCOc1ccc(Br)cc1. The van der Waals surface area contributed by atoms with Gasteiger partial charge in [0.05, 0.1) is 0 Å². The van der Waals surface area contributed by atoms with E-state index in [1.807, 2.05) is 24.3 Å². The van der Waals surface area contributed by atoms with Gasteiger partial charge in [-0.05, 0) is 24.3 Å². The Morgan fingerprint density at radius 1 is 1.47 bits per heavy atom. The molecule has 0 spiro atoms. The predicted octanol–water partition coefficient (Wildman–Crippen LogP) is 0.264. The number of carbonyl (C=O) groups excluding carboxylic acids is 1. The molecule has 0 saturated carbocycles. The van der Waals surface area contributed by atoms with Crippen LogP contribution < -0.4 is 15.8 Å². The first-order chi connectivity index (χ1) is 8.09. The van der Waals surface area contributed by atoms with Crippen LogP contribution in [-0.2, 0) is 4.79 Å². The molecule has 6 heteroatoms. The van der Waals surface area contributed by atoms with Gasteiger partial charge in [-0.25, -0.2) is 0 Å². The van der Waals surface area contributed by atoms with E-state index in [4.69, 9.17) is 15.6 Å². The lowest BCUT2D eigenvalue weighted by molar-refractivity contribution is -0.125. The van der Waals surface area contributed by atoms with Crippen LogP contribution in [0.1, 0.15) is 0 Å². The molecule has 0 fully saturated rings. The summed E-state index contributed by atoms with van der Waals surface area (Å²) < 4.78 is 6.42. The Hall–Kier alpha value is -1.11. The molecule has 5 nitrogen and oxygen atoms in total. The van der Waals surface area contributed by atoms with E-state index < -0.39 is 12.0 Å². The van der Waals surface area contributed by atoms with E-state index in [9.17, 15) is 4.79 Å². The van der Waals surface area contributed by atoms with E-state index in [1.165, 1.54) is 0 Å². The number of rotatable bonds is 7. The third-order valence-corrected chi connectivity index (χ3v) is 2.56. The van der Waals surface area contributed by atoms with E-state index in [-0.39, 0.29) is 6.54 Å². The maximum atomic E-state index is 10.5. The van der Waals surface area contributed by atoms with Crippen LogP contribution in [0.15, 0.2) is 28.7 Å². The molecule has 1 unspecified atom stereocenters. The van der Waals surface area contributed by atoms with Gasteiger partial charge < -0.3 is 20.9 Å². The third-order valence-electron chi connectivity index (χ3n) is 2.03. The van der Waals surface area contributed by atoms with Gasteiger partial charge in [0.25, 0.3) is 0 Å². The van der Waals surface area contributed by atoms with Gasteiger partial charge in [-0.2, -0.15) is 0 Å². The lowest BCUT2D eigenvalue weighted by atomic mass is 10.3. The van der Waals surface area contributed by atoms with Crippen LogP contribution in [0.5, 0.6) is 5.75 Å². The molecular formula is C11H15BrN2O3. The number of hydrogen-bond donors (Lipinski definition) is 3. The zero-order valence-electron chi connectivity index (χ0n) is 9.23. The van der Waals surface area contributed by atoms with Crippen LogP contribution in [0.3, 0.4) is 0 Å². The lowest BCUT2D eigenvalue weighted by Crippen LogP contribution is -2.38. The van der Waals surface area contributed by atoms with Crippen molar-refractivity contribution < 1.29 is 14.6 Å². The molecule has 0 aliphatic carbocycles. The normalized spacial score (nSPS) is 12.1. The van der Waals surface area contributed by atoms with E-state index in [0.29, 0.717) is 13.2 Å². The van der Waals surface area contributed by atoms with E-state index in [0.717, 1.165) is 10.2 Å². The third kappa shape index (κ3) is 5.67. The molecule has 0 aromatic heterocycles. The Bertz CT molecular complexity index is 356. The molecule has 1 rings (SSSR count). The second kappa shape index (κ2) is 7.26. The topological polar surface area (TPSA) is 84.6 Å². The average molecular weight is 303 g/mol. The fourth-order valence-electron chi connectivity index (χ4n) is 1.11. The van der Waals surface area contributed by atoms with Crippen LogP contribution in [-0.4, -0.2) is 36.8 Å². The molecule has 1 atom stereocenters. The second-order valence-corrected chi connectivity index (χ2v) is 4.34. The summed E-state index contributed by atoms with van der Waals surface area (Å²) in [6, 6.07) is 7.48. The minimum Gasteiger partial charge on any atom is -0.492 e. The zero-order chi connectivity index (χ0) is 12.7. The van der Waals surface area contributed by atoms with Crippen LogP contribution in [0.2, 0.25) is 0 Å². The molecule has 0 heterocycles. The van der Waals surface area contributed by atoms with Crippen molar-refractivity contribution in [1.29, 1.82) is 0 Å². The number of halogens is 1. The lowest BCUT2D eigenvalue weighted by Gasteiger charge is -2.09. The molecule has 17 heavy (non-hydrogen) atoms. The smallest absolute Gasteiger partial charge is 0.247 e. The molecule has 94 valence electrons. The van der Waals surface area contributed by atoms with Gasteiger partial charge in [0.1, 0.15) is 18.5 Å². The summed E-state index contributed by atoms with van der Waals surface area (Å²) in [6.07, 6.45) is -1.15. The van der Waals surface area contributed by atoms with Crippen LogP contribution in [0, 0.1) is 0 Å². The molecular weight excluding hydrogens is 288 g/mol. The van der Waals surface area contributed by atoms with Crippen molar-refractivity contribution in [2.75, 3.05) is 19.7 Å². The summed E-state index contributed by atoms with van der Waals surface area (Å²) in [5.74, 6) is 0.0387. The van der Waals surface area contributed by atoms with Crippen molar-refractivity contribution in [2.24, 2.45) is 5.73 Å². The number of amides is 1. The van der Waals surface area contributed by atoms with E-state index in [1.54, 1.807) is 0 Å². The monoisotopic (exact) mass is 302 g/mol. The highest BCUT2D eigenvalue weighted by Gasteiger charge is 2.08. The number of hydrogen-bond acceptors (Lipinski definition) is 4. The summed E-state index contributed by atoms with van der Waals surface area (Å²) in [4.78, 5) is 10.5. The van der Waals surface area contributed by atoms with Crippen molar-refractivity contribution in [3.05, 3.63) is 28.7 Å². The number of primary amides is 1. The highest BCUT2D eigenvalue weighted by Crippen LogP contribution is 2.15. The van der Waals surface area contributed by atoms with Gasteiger partial charge in [-0.3, -0.25) is 4.79 Å². The van der Waals surface area contributed by atoms with Crippen LogP contribution >= 0.6 is 15.9 Å². The summed E-state index contributed by atoms with van der Waals surface area (Å²) >= 11 is 3.33. The van der Waals surface area contributed by atoms with Gasteiger partial charge in [0.15, 0.2) is 0 Å². The Kier molecular flexibility index (Phi) is 5.96. The minimum atomic E-state index is -1.15. The van der Waals surface area contributed by atoms with Crippen LogP contribution in [0.25, 0.3) is 0 Å². The largest absolute Gasteiger partial charge is 0.492 e. The Balaban J connectivity index is 2.12. The first-order valence-electron chi connectivity index (χ1n) is 5.16. The number of nitrogens with one attached hydrogen (secondary N) is 1. The number of aliphatic hydroxyl groups is 1. The molecule has 4 N–H and O–H groups in total. The molecule has 1 aromatic carbocycles. The fraction of sp³-hybridized carbons (Fsp3) is 0.364.